The summed E-state index contributed by atoms with van der Waals surface area (Å²) in [5, 5.41) is 3.20. The summed E-state index contributed by atoms with van der Waals surface area (Å²) in [6.45, 7) is 7.38. The molecule has 12 heavy (non-hydrogen) atoms. The summed E-state index contributed by atoms with van der Waals surface area (Å²) < 4.78 is 7.10. The van der Waals surface area contributed by atoms with Crippen molar-refractivity contribution in [1.82, 2.24) is 0 Å². The average Bonchev–Trinajstić information content (AvgIpc) is 2.23. The van der Waals surface area contributed by atoms with Crippen molar-refractivity contribution in [2.45, 2.75) is 27.7 Å². The smallest absolute Gasteiger partial charge is 0.0340 e. The second kappa shape index (κ2) is 6.71. The van der Waals surface area contributed by atoms with Crippen LogP contribution in [0.2, 0.25) is 0 Å². The van der Waals surface area contributed by atoms with Crippen LogP contribution in [0.3, 0.4) is 0 Å². The lowest BCUT2D eigenvalue weighted by molar-refractivity contribution is 1.21. The first kappa shape index (κ1) is 9.11. The van der Waals surface area contributed by atoms with Crippen LogP contribution in [0.5, 0.6) is 0 Å². The Kier molecular flexibility index (Phi) is 5.10. The quantitative estimate of drug-likeness (QED) is 0.709. The number of anilines is 1. The van der Waals surface area contributed by atoms with E-state index in [9.17, 15) is 0 Å². The third-order valence-electron chi connectivity index (χ3n) is 1.33. The second-order valence-electron chi connectivity index (χ2n) is 2.23. The molecule has 0 unspecified atom stereocenters. The Balaban J connectivity index is 0.000000671. The molecule has 1 aromatic rings. The molecule has 0 spiro atoms. The van der Waals surface area contributed by atoms with Gasteiger partial charge in [-0.15, -0.1) is 0 Å². The first-order valence-electron chi connectivity index (χ1n) is 5.19. The molecule has 0 atom stereocenters. The SMILES string of the molecule is CC.[2H]Cc1ccc(NCC)cc1. The maximum Gasteiger partial charge on any atom is 0.0340 e. The van der Waals surface area contributed by atoms with Gasteiger partial charge in [-0.05, 0) is 26.0 Å². The summed E-state index contributed by atoms with van der Waals surface area (Å²) in [6, 6.07) is 7.97. The normalized spacial score (nSPS) is 9.42. The van der Waals surface area contributed by atoms with Gasteiger partial charge in [0.2, 0.25) is 0 Å². The van der Waals surface area contributed by atoms with Gasteiger partial charge in [-0.25, -0.2) is 0 Å². The van der Waals surface area contributed by atoms with Crippen LogP contribution in [0, 0.1) is 6.90 Å². The Hall–Kier alpha value is -0.980. The first-order valence-corrected chi connectivity index (χ1v) is 4.49. The summed E-state index contributed by atoms with van der Waals surface area (Å²) in [4.78, 5) is 0. The Bertz CT molecular complexity index is 206. The van der Waals surface area contributed by atoms with E-state index in [4.69, 9.17) is 1.37 Å². The van der Waals surface area contributed by atoms with Crippen LogP contribution < -0.4 is 5.32 Å². The molecule has 0 heterocycles. The number of nitrogens with one attached hydrogen (secondary N) is 1. The predicted octanol–water partition coefficient (Wildman–Crippen LogP) is 3.45. The van der Waals surface area contributed by atoms with Gasteiger partial charge in [0, 0.05) is 13.6 Å². The third-order valence-corrected chi connectivity index (χ3v) is 1.33. The molecular formula is C11H19N. The minimum atomic E-state index is 0.367. The highest BCUT2D eigenvalue weighted by molar-refractivity contribution is 5.43. The Morgan fingerprint density at radius 1 is 1.25 bits per heavy atom. The summed E-state index contributed by atoms with van der Waals surface area (Å²) >= 11 is 0. The molecule has 0 bridgehead atoms. The van der Waals surface area contributed by atoms with Crippen LogP contribution in [0.25, 0.3) is 0 Å². The second-order valence-corrected chi connectivity index (χ2v) is 2.23. The minimum Gasteiger partial charge on any atom is -0.385 e. The third kappa shape index (κ3) is 4.02. The molecule has 0 saturated heterocycles. The minimum absolute atomic E-state index is 0.367. The number of benzene rings is 1. The molecule has 0 radical (unpaired) electrons. The molecule has 0 amide bonds. The van der Waals surface area contributed by atoms with Crippen molar-refractivity contribution in [3.63, 3.8) is 0 Å². The van der Waals surface area contributed by atoms with E-state index in [1.807, 2.05) is 38.1 Å². The van der Waals surface area contributed by atoms with Crippen molar-refractivity contribution >= 4 is 5.69 Å². The number of rotatable bonds is 2. The van der Waals surface area contributed by atoms with Gasteiger partial charge >= 0.3 is 0 Å². The zero-order valence-electron chi connectivity index (χ0n) is 9.22. The van der Waals surface area contributed by atoms with Crippen LogP contribution in [0.4, 0.5) is 5.69 Å². The molecule has 1 rings (SSSR count). The van der Waals surface area contributed by atoms with E-state index >= 15 is 0 Å². The fraction of sp³-hybridized carbons (Fsp3) is 0.455. The molecule has 0 saturated carbocycles. The summed E-state index contributed by atoms with van der Waals surface area (Å²) in [6.07, 6.45) is 0. The fourth-order valence-electron chi connectivity index (χ4n) is 0.827. The van der Waals surface area contributed by atoms with Gasteiger partial charge < -0.3 is 5.32 Å². The fourth-order valence-corrected chi connectivity index (χ4v) is 0.827. The average molecular weight is 166 g/mol. The number of hydrogen-bond donors (Lipinski definition) is 1. The molecule has 0 aliphatic rings. The van der Waals surface area contributed by atoms with Gasteiger partial charge in [0.15, 0.2) is 0 Å². The Labute approximate surface area is 77.2 Å². The Morgan fingerprint density at radius 3 is 2.25 bits per heavy atom. The van der Waals surface area contributed by atoms with E-state index in [1.54, 1.807) is 0 Å². The van der Waals surface area contributed by atoms with Crippen molar-refractivity contribution in [2.24, 2.45) is 0 Å². The van der Waals surface area contributed by atoms with Gasteiger partial charge in [-0.2, -0.15) is 0 Å². The Morgan fingerprint density at radius 2 is 1.83 bits per heavy atom. The predicted molar refractivity (Wildman–Crippen MR) is 56.7 cm³/mol. The zero-order valence-corrected chi connectivity index (χ0v) is 8.22. The van der Waals surface area contributed by atoms with Crippen LogP contribution in [0.1, 0.15) is 27.7 Å². The van der Waals surface area contributed by atoms with E-state index in [1.165, 1.54) is 0 Å². The highest BCUT2D eigenvalue weighted by atomic mass is 14.8. The van der Waals surface area contributed by atoms with Crippen molar-refractivity contribution in [1.29, 1.82) is 0 Å². The van der Waals surface area contributed by atoms with Crippen LogP contribution in [-0.4, -0.2) is 6.54 Å². The van der Waals surface area contributed by atoms with E-state index < -0.39 is 0 Å². The maximum atomic E-state index is 7.10. The highest BCUT2D eigenvalue weighted by Crippen LogP contribution is 2.07. The monoisotopic (exact) mass is 166 g/mol. The molecular weight excluding hydrogens is 146 g/mol. The molecule has 1 heteroatoms. The zero-order chi connectivity index (χ0) is 10.1. The van der Waals surface area contributed by atoms with Gasteiger partial charge in [0.1, 0.15) is 0 Å². The van der Waals surface area contributed by atoms with Crippen molar-refractivity contribution in [2.75, 3.05) is 11.9 Å². The van der Waals surface area contributed by atoms with Crippen molar-refractivity contribution in [3.05, 3.63) is 29.8 Å². The van der Waals surface area contributed by atoms with E-state index in [0.29, 0.717) is 6.90 Å². The first-order chi connectivity index (χ1) is 6.36. The molecule has 0 aliphatic heterocycles. The molecule has 0 aliphatic carbocycles. The molecule has 0 aromatic heterocycles. The maximum absolute atomic E-state index is 7.10. The van der Waals surface area contributed by atoms with Crippen LogP contribution in [0.15, 0.2) is 24.3 Å². The lowest BCUT2D eigenvalue weighted by Crippen LogP contribution is -1.95. The van der Waals surface area contributed by atoms with E-state index in [-0.39, 0.29) is 0 Å². The van der Waals surface area contributed by atoms with Crippen molar-refractivity contribution in [3.8, 4) is 0 Å². The molecule has 1 aromatic carbocycles. The highest BCUT2D eigenvalue weighted by Gasteiger charge is 1.86. The summed E-state index contributed by atoms with van der Waals surface area (Å²) in [5.74, 6) is 0. The van der Waals surface area contributed by atoms with Gasteiger partial charge in [0.25, 0.3) is 0 Å². The molecule has 68 valence electrons. The summed E-state index contributed by atoms with van der Waals surface area (Å²) in [5.41, 5.74) is 2.19. The van der Waals surface area contributed by atoms with Gasteiger partial charge in [0.05, 0.1) is 0 Å². The number of aryl methyl sites for hydroxylation is 1. The molecule has 1 N–H and O–H groups in total. The van der Waals surface area contributed by atoms with Crippen LogP contribution >= 0.6 is 0 Å². The number of hydrogen-bond acceptors (Lipinski definition) is 1. The molecule has 0 fully saturated rings. The lowest BCUT2D eigenvalue weighted by atomic mass is 10.2. The van der Waals surface area contributed by atoms with E-state index in [0.717, 1.165) is 17.8 Å². The standard InChI is InChI=1S/C9H13N.C2H6/c1-3-10-9-6-4-8(2)5-7-9;1-2/h4-7,10H,3H2,1-2H3;1-2H3/i2D;. The topological polar surface area (TPSA) is 12.0 Å². The van der Waals surface area contributed by atoms with Crippen LogP contribution in [-0.2, 0) is 0 Å². The lowest BCUT2D eigenvalue weighted by Gasteiger charge is -2.01. The van der Waals surface area contributed by atoms with Gasteiger partial charge in [-0.3, -0.25) is 0 Å². The molecule has 1 nitrogen and oxygen atoms in total. The van der Waals surface area contributed by atoms with Crippen molar-refractivity contribution < 1.29 is 1.37 Å². The summed E-state index contributed by atoms with van der Waals surface area (Å²) in [7, 11) is 0. The largest absolute Gasteiger partial charge is 0.385 e. The van der Waals surface area contributed by atoms with Gasteiger partial charge in [-0.1, -0.05) is 31.5 Å². The van der Waals surface area contributed by atoms with E-state index in [2.05, 4.69) is 12.2 Å².